The lowest BCUT2D eigenvalue weighted by molar-refractivity contribution is 0.0220. The Kier molecular flexibility index (Phi) is 4.69. The summed E-state index contributed by atoms with van der Waals surface area (Å²) in [6.45, 7) is 6.58. The van der Waals surface area contributed by atoms with Crippen molar-refractivity contribution in [3.05, 3.63) is 35.9 Å². The number of nitrogens with zero attached hydrogens (tertiary/aromatic N) is 1. The Balaban J connectivity index is 1.89. The molecular formula is C17H25NO2. The summed E-state index contributed by atoms with van der Waals surface area (Å²) >= 11 is 0. The molecule has 0 spiro atoms. The quantitative estimate of drug-likeness (QED) is 0.834. The van der Waals surface area contributed by atoms with Gasteiger partial charge >= 0.3 is 6.09 Å². The normalized spacial score (nSPS) is 19.1. The lowest BCUT2D eigenvalue weighted by Gasteiger charge is -2.28. The summed E-state index contributed by atoms with van der Waals surface area (Å²) in [7, 11) is 0. The van der Waals surface area contributed by atoms with Crippen molar-refractivity contribution in [2.24, 2.45) is 0 Å². The highest BCUT2D eigenvalue weighted by Gasteiger charge is 2.31. The number of amides is 1. The van der Waals surface area contributed by atoms with E-state index in [1.807, 2.05) is 31.7 Å². The maximum absolute atomic E-state index is 12.2. The second kappa shape index (κ2) is 6.29. The third kappa shape index (κ3) is 4.26. The van der Waals surface area contributed by atoms with Crippen molar-refractivity contribution in [1.29, 1.82) is 0 Å². The van der Waals surface area contributed by atoms with Crippen LogP contribution in [-0.4, -0.2) is 29.2 Å². The number of likely N-dealkylation sites (tertiary alicyclic amines) is 1. The molecule has 0 aliphatic carbocycles. The van der Waals surface area contributed by atoms with Gasteiger partial charge in [-0.05, 0) is 52.0 Å². The smallest absolute Gasteiger partial charge is 0.410 e. The molecule has 1 atom stereocenters. The van der Waals surface area contributed by atoms with E-state index < -0.39 is 5.60 Å². The molecule has 1 heterocycles. The van der Waals surface area contributed by atoms with Crippen LogP contribution in [0.15, 0.2) is 30.3 Å². The highest BCUT2D eigenvalue weighted by atomic mass is 16.6. The van der Waals surface area contributed by atoms with Crippen molar-refractivity contribution in [3.8, 4) is 0 Å². The third-order valence-corrected chi connectivity index (χ3v) is 3.61. The molecule has 20 heavy (non-hydrogen) atoms. The van der Waals surface area contributed by atoms with Crippen molar-refractivity contribution in [2.45, 2.75) is 58.1 Å². The van der Waals surface area contributed by atoms with E-state index in [0.29, 0.717) is 6.04 Å². The first-order valence-electron chi connectivity index (χ1n) is 7.49. The monoisotopic (exact) mass is 275 g/mol. The molecule has 0 aromatic heterocycles. The molecule has 1 fully saturated rings. The van der Waals surface area contributed by atoms with Gasteiger partial charge in [-0.25, -0.2) is 4.79 Å². The maximum Gasteiger partial charge on any atom is 0.410 e. The van der Waals surface area contributed by atoms with Gasteiger partial charge in [-0.15, -0.1) is 0 Å². The van der Waals surface area contributed by atoms with Gasteiger partial charge < -0.3 is 9.64 Å². The van der Waals surface area contributed by atoms with Crippen LogP contribution in [0.4, 0.5) is 4.79 Å². The molecule has 0 radical (unpaired) electrons. The fraction of sp³-hybridized carbons (Fsp3) is 0.588. The minimum absolute atomic E-state index is 0.159. The van der Waals surface area contributed by atoms with Crippen LogP contribution < -0.4 is 0 Å². The summed E-state index contributed by atoms with van der Waals surface area (Å²) in [5.74, 6) is 0. The number of aryl methyl sites for hydroxylation is 1. The van der Waals surface area contributed by atoms with E-state index in [0.717, 1.165) is 32.2 Å². The first-order valence-corrected chi connectivity index (χ1v) is 7.49. The van der Waals surface area contributed by atoms with Crippen molar-refractivity contribution in [1.82, 2.24) is 4.90 Å². The maximum atomic E-state index is 12.2. The lowest BCUT2D eigenvalue weighted by atomic mass is 10.0. The van der Waals surface area contributed by atoms with E-state index in [1.54, 1.807) is 0 Å². The molecule has 0 bridgehead atoms. The molecule has 110 valence electrons. The molecule has 2 rings (SSSR count). The first-order chi connectivity index (χ1) is 9.46. The molecule has 3 heteroatoms. The molecule has 1 aliphatic heterocycles. The molecular weight excluding hydrogens is 250 g/mol. The second-order valence-electron chi connectivity index (χ2n) is 6.49. The van der Waals surface area contributed by atoms with Crippen molar-refractivity contribution in [3.63, 3.8) is 0 Å². The summed E-state index contributed by atoms with van der Waals surface area (Å²) in [6.07, 6.45) is 4.05. The molecule has 1 aliphatic rings. The van der Waals surface area contributed by atoms with Crippen LogP contribution in [0.3, 0.4) is 0 Å². The van der Waals surface area contributed by atoms with Crippen LogP contribution in [0.2, 0.25) is 0 Å². The highest BCUT2D eigenvalue weighted by Crippen LogP contribution is 2.24. The Hall–Kier alpha value is -1.51. The van der Waals surface area contributed by atoms with Crippen LogP contribution in [0.1, 0.15) is 45.6 Å². The zero-order valence-electron chi connectivity index (χ0n) is 12.8. The summed E-state index contributed by atoms with van der Waals surface area (Å²) in [6, 6.07) is 10.8. The van der Waals surface area contributed by atoms with E-state index in [1.165, 1.54) is 5.56 Å². The molecule has 1 amide bonds. The van der Waals surface area contributed by atoms with E-state index >= 15 is 0 Å². The Morgan fingerprint density at radius 1 is 1.30 bits per heavy atom. The SMILES string of the molecule is CC(C)(C)OC(=O)N1CCCC1CCc1ccccc1. The molecule has 0 saturated carbocycles. The zero-order valence-corrected chi connectivity index (χ0v) is 12.8. The van der Waals surface area contributed by atoms with Gasteiger partial charge in [-0.2, -0.15) is 0 Å². The molecule has 1 saturated heterocycles. The van der Waals surface area contributed by atoms with Crippen LogP contribution >= 0.6 is 0 Å². The highest BCUT2D eigenvalue weighted by molar-refractivity contribution is 5.68. The van der Waals surface area contributed by atoms with Crippen molar-refractivity contribution < 1.29 is 9.53 Å². The summed E-state index contributed by atoms with van der Waals surface area (Å²) in [4.78, 5) is 14.1. The molecule has 1 aromatic rings. The first kappa shape index (κ1) is 14.9. The van der Waals surface area contributed by atoms with Crippen LogP contribution in [0.25, 0.3) is 0 Å². The number of hydrogen-bond acceptors (Lipinski definition) is 2. The number of ether oxygens (including phenoxy) is 1. The fourth-order valence-electron chi connectivity index (χ4n) is 2.67. The Labute approximate surface area is 121 Å². The predicted molar refractivity (Wildman–Crippen MR) is 80.7 cm³/mol. The average molecular weight is 275 g/mol. The van der Waals surface area contributed by atoms with Gasteiger partial charge in [0.1, 0.15) is 5.60 Å². The largest absolute Gasteiger partial charge is 0.444 e. The van der Waals surface area contributed by atoms with Gasteiger partial charge in [0.25, 0.3) is 0 Å². The van der Waals surface area contributed by atoms with Crippen molar-refractivity contribution in [2.75, 3.05) is 6.54 Å². The minimum Gasteiger partial charge on any atom is -0.444 e. The van der Waals surface area contributed by atoms with Crippen LogP contribution in [0, 0.1) is 0 Å². The Bertz CT molecular complexity index is 436. The van der Waals surface area contributed by atoms with Gasteiger partial charge in [0.05, 0.1) is 0 Å². The van der Waals surface area contributed by atoms with Crippen molar-refractivity contribution >= 4 is 6.09 Å². The third-order valence-electron chi connectivity index (χ3n) is 3.61. The molecule has 3 nitrogen and oxygen atoms in total. The summed E-state index contributed by atoms with van der Waals surface area (Å²) in [5, 5.41) is 0. The van der Waals surface area contributed by atoms with E-state index in [2.05, 4.69) is 24.3 Å². The van der Waals surface area contributed by atoms with E-state index in [4.69, 9.17) is 4.74 Å². The van der Waals surface area contributed by atoms with E-state index in [-0.39, 0.29) is 6.09 Å². The van der Waals surface area contributed by atoms with Gasteiger partial charge in [0.2, 0.25) is 0 Å². The summed E-state index contributed by atoms with van der Waals surface area (Å²) in [5.41, 5.74) is 0.924. The van der Waals surface area contributed by atoms with Gasteiger partial charge in [-0.1, -0.05) is 30.3 Å². The second-order valence-corrected chi connectivity index (χ2v) is 6.49. The minimum atomic E-state index is -0.413. The molecule has 1 unspecified atom stereocenters. The fourth-order valence-corrected chi connectivity index (χ4v) is 2.67. The van der Waals surface area contributed by atoms with Crippen LogP contribution in [-0.2, 0) is 11.2 Å². The van der Waals surface area contributed by atoms with Gasteiger partial charge in [0, 0.05) is 12.6 Å². The number of rotatable bonds is 3. The van der Waals surface area contributed by atoms with E-state index in [9.17, 15) is 4.79 Å². The number of benzene rings is 1. The zero-order chi connectivity index (χ0) is 14.6. The summed E-state index contributed by atoms with van der Waals surface area (Å²) < 4.78 is 5.49. The number of carbonyl (C=O) groups is 1. The lowest BCUT2D eigenvalue weighted by Crippen LogP contribution is -2.40. The standard InChI is InChI=1S/C17H25NO2/c1-17(2,3)20-16(19)18-13-7-10-15(18)12-11-14-8-5-4-6-9-14/h4-6,8-9,15H,7,10-13H2,1-3H3. The topological polar surface area (TPSA) is 29.5 Å². The molecule has 0 N–H and O–H groups in total. The predicted octanol–water partition coefficient (Wildman–Crippen LogP) is 4.02. The average Bonchev–Trinajstić information content (AvgIpc) is 2.84. The number of hydrogen-bond donors (Lipinski definition) is 0. The molecule has 1 aromatic carbocycles. The van der Waals surface area contributed by atoms with Gasteiger partial charge in [-0.3, -0.25) is 0 Å². The Morgan fingerprint density at radius 2 is 2.00 bits per heavy atom. The van der Waals surface area contributed by atoms with Crippen LogP contribution in [0.5, 0.6) is 0 Å². The van der Waals surface area contributed by atoms with Gasteiger partial charge in [0.15, 0.2) is 0 Å². The Morgan fingerprint density at radius 3 is 2.65 bits per heavy atom. The number of carbonyl (C=O) groups excluding carboxylic acids is 1.